The maximum Gasteiger partial charge on any atom is 0.295 e. The molecule has 2 fully saturated rings. The number of H-pyrrole nitrogens is 1. The van der Waals surface area contributed by atoms with Crippen molar-refractivity contribution in [1.29, 1.82) is 0 Å². The van der Waals surface area contributed by atoms with Gasteiger partial charge in [0, 0.05) is 77.9 Å². The second kappa shape index (κ2) is 10.7. The lowest BCUT2D eigenvalue weighted by Crippen LogP contribution is -2.56. The van der Waals surface area contributed by atoms with Crippen molar-refractivity contribution in [2.24, 2.45) is 0 Å². The van der Waals surface area contributed by atoms with Crippen molar-refractivity contribution in [2.75, 3.05) is 33.2 Å². The minimum atomic E-state index is -3.85. The number of nitrogens with zero attached hydrogens (tertiary/aromatic N) is 4. The summed E-state index contributed by atoms with van der Waals surface area (Å²) in [5.74, 6) is -0.169. The molecule has 1 aromatic carbocycles. The van der Waals surface area contributed by atoms with Gasteiger partial charge >= 0.3 is 0 Å². The van der Waals surface area contributed by atoms with Crippen LogP contribution in [0, 0.1) is 0 Å². The Morgan fingerprint density at radius 2 is 2.05 bits per heavy atom. The lowest BCUT2D eigenvalue weighted by atomic mass is 10.1. The predicted octanol–water partition coefficient (Wildman–Crippen LogP) is 2.85. The third-order valence-electron chi connectivity index (χ3n) is 7.36. The number of benzene rings is 1. The molecule has 3 N–H and O–H groups in total. The summed E-state index contributed by atoms with van der Waals surface area (Å²) in [5, 5.41) is 4.47. The fourth-order valence-corrected chi connectivity index (χ4v) is 8.70. The van der Waals surface area contributed by atoms with E-state index in [0.29, 0.717) is 33.8 Å². The summed E-state index contributed by atoms with van der Waals surface area (Å²) in [5.41, 5.74) is 1.66. The van der Waals surface area contributed by atoms with Crippen molar-refractivity contribution in [2.45, 2.75) is 43.0 Å². The van der Waals surface area contributed by atoms with Gasteiger partial charge in [0.25, 0.3) is 21.2 Å². The van der Waals surface area contributed by atoms with Gasteiger partial charge in [0.05, 0.1) is 11.9 Å². The highest BCUT2D eigenvalue weighted by atomic mass is 35.5. The Morgan fingerprint density at radius 3 is 2.85 bits per heavy atom. The van der Waals surface area contributed by atoms with Crippen LogP contribution in [0.1, 0.15) is 33.2 Å². The first-order valence-electron chi connectivity index (χ1n) is 12.7. The van der Waals surface area contributed by atoms with E-state index in [9.17, 15) is 18.0 Å². The van der Waals surface area contributed by atoms with Crippen molar-refractivity contribution in [1.82, 2.24) is 34.1 Å². The Morgan fingerprint density at radius 1 is 1.21 bits per heavy atom. The zero-order chi connectivity index (χ0) is 27.3. The van der Waals surface area contributed by atoms with E-state index in [0.717, 1.165) is 42.0 Å². The number of thiazole rings is 1. The number of sulfonamides is 1. The fraction of sp³-hybridized carbons (Fsp3) is 0.458. The lowest BCUT2D eigenvalue weighted by molar-refractivity contribution is 0.0542. The van der Waals surface area contributed by atoms with Crippen LogP contribution >= 0.6 is 34.9 Å². The number of carbonyl (C=O) groups is 2. The van der Waals surface area contributed by atoms with Crippen LogP contribution < -0.4 is 10.0 Å². The molecule has 6 rings (SSSR count). The van der Waals surface area contributed by atoms with Crippen LogP contribution in [0.5, 0.6) is 0 Å². The number of amides is 2. The summed E-state index contributed by atoms with van der Waals surface area (Å²) in [6, 6.07) is 6.39. The summed E-state index contributed by atoms with van der Waals surface area (Å²) in [7, 11) is -1.80. The SMILES string of the molecule is CN1CCc2nc(C(=O)N3CCN(S(=O)(=O)c4cc5cc(Cl)ccc5[nH]4)CC3CCC3NSC(=O)N3)sc2C1. The van der Waals surface area contributed by atoms with E-state index in [1.54, 1.807) is 29.2 Å². The van der Waals surface area contributed by atoms with Crippen molar-refractivity contribution in [3.05, 3.63) is 44.9 Å². The molecular formula is C24H28ClN7O4S3. The van der Waals surface area contributed by atoms with Crippen LogP contribution in [0.15, 0.2) is 29.3 Å². The molecule has 2 atom stereocenters. The molecule has 0 radical (unpaired) electrons. The lowest BCUT2D eigenvalue weighted by Gasteiger charge is -2.40. The molecule has 0 aliphatic carbocycles. The van der Waals surface area contributed by atoms with E-state index in [-0.39, 0.29) is 48.0 Å². The molecule has 2 saturated heterocycles. The monoisotopic (exact) mass is 609 g/mol. The van der Waals surface area contributed by atoms with Gasteiger partial charge in [-0.15, -0.1) is 11.3 Å². The number of carbonyl (C=O) groups excluding carboxylic acids is 2. The smallest absolute Gasteiger partial charge is 0.295 e. The number of nitrogens with one attached hydrogen (secondary N) is 3. The zero-order valence-corrected chi connectivity index (χ0v) is 24.4. The molecule has 3 aliphatic heterocycles. The number of halogens is 1. The minimum Gasteiger partial charge on any atom is -0.345 e. The first-order chi connectivity index (χ1) is 18.7. The standard InChI is InChI=1S/C24H28ClN7O4S3/c1-30-7-6-18-19(13-30)37-22(27-18)23(33)32-9-8-31(12-16(32)3-5-20-28-24(34)38-29-20)39(35,36)21-11-14-10-15(25)2-4-17(14)26-21/h2,4,10-11,16,20,26,29H,3,5-9,12-13H2,1H3,(H,28,34). The Hall–Kier alpha value is -2.20. The van der Waals surface area contributed by atoms with Gasteiger partial charge in [-0.3, -0.25) is 9.59 Å². The number of hydrogen-bond donors (Lipinski definition) is 3. The molecule has 2 amide bonds. The van der Waals surface area contributed by atoms with E-state index in [1.807, 2.05) is 0 Å². The van der Waals surface area contributed by atoms with E-state index in [2.05, 4.69) is 32.0 Å². The molecule has 2 unspecified atom stereocenters. The van der Waals surface area contributed by atoms with Crippen LogP contribution in [0.3, 0.4) is 0 Å². The topological polar surface area (TPSA) is 131 Å². The fourth-order valence-electron chi connectivity index (χ4n) is 5.27. The summed E-state index contributed by atoms with van der Waals surface area (Å²) >= 11 is 8.53. The molecule has 3 aromatic rings. The molecule has 0 bridgehead atoms. The van der Waals surface area contributed by atoms with Gasteiger partial charge in [0.2, 0.25) is 0 Å². The summed E-state index contributed by atoms with van der Waals surface area (Å²) < 4.78 is 31.8. The summed E-state index contributed by atoms with van der Waals surface area (Å²) in [4.78, 5) is 38.1. The van der Waals surface area contributed by atoms with Crippen molar-refractivity contribution < 1.29 is 18.0 Å². The Balaban J connectivity index is 1.24. The second-order valence-corrected chi connectivity index (χ2v) is 14.3. The van der Waals surface area contributed by atoms with Gasteiger partial charge in [-0.2, -0.15) is 4.31 Å². The van der Waals surface area contributed by atoms with Crippen molar-refractivity contribution >= 4 is 67.0 Å². The highest BCUT2D eigenvalue weighted by molar-refractivity contribution is 8.12. The van der Waals surface area contributed by atoms with E-state index in [4.69, 9.17) is 11.6 Å². The van der Waals surface area contributed by atoms with Gasteiger partial charge in [-0.1, -0.05) is 11.6 Å². The first kappa shape index (κ1) is 27.0. The van der Waals surface area contributed by atoms with Gasteiger partial charge < -0.3 is 20.1 Å². The van der Waals surface area contributed by atoms with Crippen molar-refractivity contribution in [3.63, 3.8) is 0 Å². The van der Waals surface area contributed by atoms with Gasteiger partial charge in [0.1, 0.15) is 5.03 Å². The first-order valence-corrected chi connectivity index (χ1v) is 16.1. The molecule has 5 heterocycles. The van der Waals surface area contributed by atoms with Crippen LogP contribution in [0.2, 0.25) is 5.02 Å². The molecule has 0 saturated carbocycles. The Kier molecular flexibility index (Phi) is 7.37. The van der Waals surface area contributed by atoms with Crippen molar-refractivity contribution in [3.8, 4) is 0 Å². The molecule has 15 heteroatoms. The number of aromatic amines is 1. The maximum absolute atomic E-state index is 13.7. The second-order valence-electron chi connectivity index (χ2n) is 10.0. The minimum absolute atomic E-state index is 0.0936. The number of aromatic nitrogens is 2. The predicted molar refractivity (Wildman–Crippen MR) is 151 cm³/mol. The van der Waals surface area contributed by atoms with Gasteiger partial charge in [-0.05, 0) is 44.2 Å². The third kappa shape index (κ3) is 5.43. The Bertz CT molecular complexity index is 1540. The molecule has 0 spiro atoms. The van der Waals surface area contributed by atoms with Gasteiger partial charge in [-0.25, -0.2) is 18.1 Å². The van der Waals surface area contributed by atoms with Crippen LogP contribution in [0.4, 0.5) is 4.79 Å². The van der Waals surface area contributed by atoms with E-state index >= 15 is 0 Å². The summed E-state index contributed by atoms with van der Waals surface area (Å²) in [6.07, 6.45) is 1.62. The Labute approximate surface area is 239 Å². The van der Waals surface area contributed by atoms with Crippen LogP contribution in [0.25, 0.3) is 10.9 Å². The van der Waals surface area contributed by atoms with Crippen LogP contribution in [-0.2, 0) is 23.0 Å². The largest absolute Gasteiger partial charge is 0.345 e. The maximum atomic E-state index is 13.7. The van der Waals surface area contributed by atoms with E-state index < -0.39 is 10.0 Å². The summed E-state index contributed by atoms with van der Waals surface area (Å²) in [6.45, 7) is 2.24. The number of rotatable bonds is 6. The van der Waals surface area contributed by atoms with E-state index in [1.165, 1.54) is 15.6 Å². The number of fused-ring (bicyclic) bond motifs is 2. The molecule has 11 nitrogen and oxygen atoms in total. The quantitative estimate of drug-likeness (QED) is 0.364. The third-order valence-corrected chi connectivity index (χ3v) is 11.2. The number of hydrogen-bond acceptors (Lipinski definition) is 9. The highest BCUT2D eigenvalue weighted by Gasteiger charge is 2.39. The molecular weight excluding hydrogens is 582 g/mol. The van der Waals surface area contributed by atoms with Gasteiger partial charge in [0.15, 0.2) is 5.01 Å². The number of piperazine rings is 1. The average molecular weight is 610 g/mol. The normalized spacial score (nSPS) is 22.8. The molecule has 2 aromatic heterocycles. The zero-order valence-electron chi connectivity index (χ0n) is 21.1. The molecule has 208 valence electrons. The highest BCUT2D eigenvalue weighted by Crippen LogP contribution is 2.30. The molecule has 3 aliphatic rings. The number of likely N-dealkylation sites (N-methyl/N-ethyl adjacent to an activating group) is 1. The molecule has 39 heavy (non-hydrogen) atoms. The average Bonchev–Trinajstić information content (AvgIpc) is 3.64. The van der Waals surface area contributed by atoms with Crippen LogP contribution in [-0.4, -0.2) is 89.1 Å².